The van der Waals surface area contributed by atoms with Gasteiger partial charge in [0.25, 0.3) is 0 Å². The fraction of sp³-hybridized carbons (Fsp3) is 0.231. The van der Waals surface area contributed by atoms with Gasteiger partial charge in [-0.3, -0.25) is 0 Å². The lowest BCUT2D eigenvalue weighted by atomic mass is 10.3. The largest absolute Gasteiger partial charge is 0.491 e. The predicted octanol–water partition coefficient (Wildman–Crippen LogP) is 1.91. The molecular weight excluding hydrogens is 282 g/mol. The van der Waals surface area contributed by atoms with Gasteiger partial charge in [0.2, 0.25) is 5.95 Å². The molecule has 0 saturated carbocycles. The van der Waals surface area contributed by atoms with Gasteiger partial charge >= 0.3 is 0 Å². The molecule has 0 fully saturated rings. The number of aliphatic hydroxyl groups excluding tert-OH is 1. The van der Waals surface area contributed by atoms with Crippen LogP contribution >= 0.6 is 0 Å². The lowest BCUT2D eigenvalue weighted by Gasteiger charge is -2.11. The molecule has 3 N–H and O–H groups in total. The van der Waals surface area contributed by atoms with Crippen LogP contribution in [0.4, 0.5) is 26.2 Å². The first-order valence-electron chi connectivity index (χ1n) is 6.12. The van der Waals surface area contributed by atoms with E-state index in [4.69, 9.17) is 9.84 Å². The molecular formula is C13H14F2N4O2. The highest BCUT2D eigenvalue weighted by Gasteiger charge is 2.08. The molecule has 1 aromatic carbocycles. The molecule has 0 unspecified atom stereocenters. The maximum atomic E-state index is 13.1. The Balaban J connectivity index is 2.21. The Morgan fingerprint density at radius 2 is 2.10 bits per heavy atom. The van der Waals surface area contributed by atoms with Crippen LogP contribution in [0.2, 0.25) is 0 Å². The molecule has 0 saturated heterocycles. The van der Waals surface area contributed by atoms with Crippen molar-refractivity contribution in [2.24, 2.45) is 0 Å². The van der Waals surface area contributed by atoms with Gasteiger partial charge in [0.05, 0.1) is 19.9 Å². The third-order valence-electron chi connectivity index (χ3n) is 2.56. The number of methoxy groups -OCH3 is 1. The van der Waals surface area contributed by atoms with Gasteiger partial charge in [-0.15, -0.1) is 0 Å². The van der Waals surface area contributed by atoms with Gasteiger partial charge < -0.3 is 20.5 Å². The van der Waals surface area contributed by atoms with E-state index in [1.54, 1.807) is 0 Å². The van der Waals surface area contributed by atoms with E-state index in [1.165, 1.54) is 19.4 Å². The summed E-state index contributed by atoms with van der Waals surface area (Å²) >= 11 is 0. The number of aromatic nitrogens is 2. The van der Waals surface area contributed by atoms with Crippen LogP contribution in [0, 0.1) is 11.6 Å². The molecule has 2 aromatic rings. The van der Waals surface area contributed by atoms with E-state index >= 15 is 0 Å². The van der Waals surface area contributed by atoms with Gasteiger partial charge in [-0.1, -0.05) is 0 Å². The summed E-state index contributed by atoms with van der Waals surface area (Å²) in [7, 11) is 1.46. The molecule has 2 rings (SSSR count). The van der Waals surface area contributed by atoms with Crippen LogP contribution < -0.4 is 15.4 Å². The first kappa shape index (κ1) is 14.9. The SMILES string of the molecule is COc1cnc(Nc2ccc(F)c(F)c2)nc1NCCO. The summed E-state index contributed by atoms with van der Waals surface area (Å²) in [5.74, 6) is -0.929. The molecule has 6 nitrogen and oxygen atoms in total. The monoisotopic (exact) mass is 296 g/mol. The highest BCUT2D eigenvalue weighted by atomic mass is 19.2. The topological polar surface area (TPSA) is 79.3 Å². The Hall–Kier alpha value is -2.48. The predicted molar refractivity (Wildman–Crippen MR) is 73.8 cm³/mol. The zero-order valence-corrected chi connectivity index (χ0v) is 11.2. The lowest BCUT2D eigenvalue weighted by molar-refractivity contribution is 0.310. The lowest BCUT2D eigenvalue weighted by Crippen LogP contribution is -2.10. The first-order chi connectivity index (χ1) is 10.1. The molecule has 0 aliphatic heterocycles. The quantitative estimate of drug-likeness (QED) is 0.755. The van der Waals surface area contributed by atoms with E-state index < -0.39 is 11.6 Å². The van der Waals surface area contributed by atoms with Crippen molar-refractivity contribution >= 4 is 17.5 Å². The average Bonchev–Trinajstić information content (AvgIpc) is 2.49. The molecule has 0 spiro atoms. The number of nitrogens with zero attached hydrogens (tertiary/aromatic N) is 2. The third-order valence-corrected chi connectivity index (χ3v) is 2.56. The molecule has 0 bridgehead atoms. The number of halogens is 2. The highest BCUT2D eigenvalue weighted by Crippen LogP contribution is 2.23. The second kappa shape index (κ2) is 6.80. The van der Waals surface area contributed by atoms with Gasteiger partial charge in [0.1, 0.15) is 0 Å². The van der Waals surface area contributed by atoms with E-state index in [1.807, 2.05) is 0 Å². The molecule has 0 aliphatic carbocycles. The Labute approximate surface area is 119 Å². The van der Waals surface area contributed by atoms with Gasteiger partial charge in [0, 0.05) is 18.3 Å². The summed E-state index contributed by atoms with van der Waals surface area (Å²) in [6.45, 7) is 0.219. The van der Waals surface area contributed by atoms with Crippen molar-refractivity contribution in [3.63, 3.8) is 0 Å². The van der Waals surface area contributed by atoms with Crippen LogP contribution in [0.3, 0.4) is 0 Å². The molecule has 0 amide bonds. The smallest absolute Gasteiger partial charge is 0.229 e. The highest BCUT2D eigenvalue weighted by molar-refractivity contribution is 5.58. The number of rotatable bonds is 6. The molecule has 0 aliphatic rings. The zero-order chi connectivity index (χ0) is 15.2. The van der Waals surface area contributed by atoms with Crippen LogP contribution in [0.25, 0.3) is 0 Å². The minimum Gasteiger partial charge on any atom is -0.491 e. The molecule has 112 valence electrons. The van der Waals surface area contributed by atoms with E-state index in [-0.39, 0.29) is 19.1 Å². The van der Waals surface area contributed by atoms with E-state index in [0.717, 1.165) is 12.1 Å². The first-order valence-corrected chi connectivity index (χ1v) is 6.12. The van der Waals surface area contributed by atoms with Crippen LogP contribution in [-0.2, 0) is 0 Å². The minimum absolute atomic E-state index is 0.0703. The third kappa shape index (κ3) is 3.76. The standard InChI is InChI=1S/C13H14F2N4O2/c1-21-11-7-17-13(19-12(11)16-4-5-20)18-8-2-3-9(14)10(15)6-8/h2-3,6-7,20H,4-5H2,1H3,(H2,16,17,18,19). The van der Waals surface area contributed by atoms with Crippen molar-refractivity contribution in [2.75, 3.05) is 30.9 Å². The Morgan fingerprint density at radius 3 is 2.76 bits per heavy atom. The molecule has 8 heteroatoms. The van der Waals surface area contributed by atoms with Crippen molar-refractivity contribution in [1.82, 2.24) is 9.97 Å². The molecule has 0 atom stereocenters. The fourth-order valence-electron chi connectivity index (χ4n) is 1.58. The fourth-order valence-corrected chi connectivity index (χ4v) is 1.58. The van der Waals surface area contributed by atoms with Crippen molar-refractivity contribution < 1.29 is 18.6 Å². The number of benzene rings is 1. The van der Waals surface area contributed by atoms with E-state index in [9.17, 15) is 8.78 Å². The Kier molecular flexibility index (Phi) is 4.83. The summed E-state index contributed by atoms with van der Waals surface area (Å²) in [4.78, 5) is 8.14. The summed E-state index contributed by atoms with van der Waals surface area (Å²) in [6, 6.07) is 3.38. The number of nitrogens with one attached hydrogen (secondary N) is 2. The number of hydrogen-bond acceptors (Lipinski definition) is 6. The Morgan fingerprint density at radius 1 is 1.29 bits per heavy atom. The minimum atomic E-state index is -0.966. The molecule has 0 radical (unpaired) electrons. The van der Waals surface area contributed by atoms with E-state index in [0.29, 0.717) is 17.3 Å². The van der Waals surface area contributed by atoms with Crippen molar-refractivity contribution in [3.8, 4) is 5.75 Å². The summed E-state index contributed by atoms with van der Waals surface area (Å²) in [5, 5.41) is 14.4. The molecule has 21 heavy (non-hydrogen) atoms. The van der Waals surface area contributed by atoms with E-state index in [2.05, 4.69) is 20.6 Å². The maximum Gasteiger partial charge on any atom is 0.229 e. The van der Waals surface area contributed by atoms with Crippen molar-refractivity contribution in [2.45, 2.75) is 0 Å². The van der Waals surface area contributed by atoms with Crippen LogP contribution in [0.15, 0.2) is 24.4 Å². The summed E-state index contributed by atoms with van der Waals surface area (Å²) < 4.78 is 31.1. The normalized spacial score (nSPS) is 10.3. The number of ether oxygens (including phenoxy) is 1. The van der Waals surface area contributed by atoms with Crippen LogP contribution in [-0.4, -0.2) is 35.3 Å². The van der Waals surface area contributed by atoms with Crippen LogP contribution in [0.5, 0.6) is 5.75 Å². The van der Waals surface area contributed by atoms with Gasteiger partial charge in [0.15, 0.2) is 23.2 Å². The number of aliphatic hydroxyl groups is 1. The molecule has 1 aromatic heterocycles. The number of hydrogen-bond donors (Lipinski definition) is 3. The second-order valence-electron chi connectivity index (χ2n) is 4.01. The van der Waals surface area contributed by atoms with Gasteiger partial charge in [-0.05, 0) is 12.1 Å². The van der Waals surface area contributed by atoms with Crippen molar-refractivity contribution in [1.29, 1.82) is 0 Å². The van der Waals surface area contributed by atoms with Crippen LogP contribution in [0.1, 0.15) is 0 Å². The van der Waals surface area contributed by atoms with Gasteiger partial charge in [-0.25, -0.2) is 13.8 Å². The maximum absolute atomic E-state index is 13.1. The van der Waals surface area contributed by atoms with Gasteiger partial charge in [-0.2, -0.15) is 4.98 Å². The Bertz CT molecular complexity index is 625. The van der Waals surface area contributed by atoms with Crippen molar-refractivity contribution in [3.05, 3.63) is 36.0 Å². The second-order valence-corrected chi connectivity index (χ2v) is 4.01. The molecule has 1 heterocycles. The average molecular weight is 296 g/mol. The summed E-state index contributed by atoms with van der Waals surface area (Å²) in [6.07, 6.45) is 1.43. The summed E-state index contributed by atoms with van der Waals surface area (Å²) in [5.41, 5.74) is 0.312. The zero-order valence-electron chi connectivity index (χ0n) is 11.2. The number of anilines is 3.